The summed E-state index contributed by atoms with van der Waals surface area (Å²) in [6.45, 7) is 0.392. The van der Waals surface area contributed by atoms with Gasteiger partial charge in [0.15, 0.2) is 11.5 Å². The second-order valence-electron chi connectivity index (χ2n) is 5.91. The average Bonchev–Trinajstić information content (AvgIpc) is 3.02. The Morgan fingerprint density at radius 1 is 1.17 bits per heavy atom. The minimum atomic E-state index is -0.0564. The molecular formula is C18H18N4O. The molecular weight excluding hydrogens is 288 g/mol. The molecule has 4 rings (SSSR count). The van der Waals surface area contributed by atoms with Crippen molar-refractivity contribution in [1.82, 2.24) is 19.9 Å². The third-order valence-corrected chi connectivity index (χ3v) is 4.49. The van der Waals surface area contributed by atoms with Gasteiger partial charge >= 0.3 is 0 Å². The zero-order chi connectivity index (χ0) is 15.6. The van der Waals surface area contributed by atoms with Gasteiger partial charge in [-0.1, -0.05) is 30.3 Å². The number of nitrogens with one attached hydrogen (secondary N) is 1. The van der Waals surface area contributed by atoms with Crippen LogP contribution in [0.25, 0.3) is 5.65 Å². The standard InChI is InChI=1S/C18H18N4O/c23-18(15-9-5-7-13-6-1-2-8-14(13)15)19-12-17-21-20-16-10-3-4-11-22(16)17/h1-4,6,8,10-11,15H,5,7,9,12H2,(H,19,23). The molecule has 0 aliphatic heterocycles. The summed E-state index contributed by atoms with van der Waals surface area (Å²) in [6, 6.07) is 14.0. The van der Waals surface area contributed by atoms with Gasteiger partial charge in [0.25, 0.3) is 0 Å². The summed E-state index contributed by atoms with van der Waals surface area (Å²) in [6.07, 6.45) is 4.94. The normalized spacial score (nSPS) is 17.0. The van der Waals surface area contributed by atoms with Crippen LogP contribution in [0.1, 0.15) is 35.7 Å². The van der Waals surface area contributed by atoms with Crippen LogP contribution in [-0.4, -0.2) is 20.5 Å². The number of amides is 1. The highest BCUT2D eigenvalue weighted by atomic mass is 16.1. The van der Waals surface area contributed by atoms with Crippen LogP contribution in [0.4, 0.5) is 0 Å². The molecule has 116 valence electrons. The van der Waals surface area contributed by atoms with Crippen LogP contribution >= 0.6 is 0 Å². The fourth-order valence-electron chi connectivity index (χ4n) is 3.33. The number of rotatable bonds is 3. The van der Waals surface area contributed by atoms with E-state index in [0.717, 1.165) is 30.7 Å². The minimum Gasteiger partial charge on any atom is -0.348 e. The van der Waals surface area contributed by atoms with Crippen molar-refractivity contribution in [2.75, 3.05) is 0 Å². The number of nitrogens with zero attached hydrogens (tertiary/aromatic N) is 3. The molecule has 1 aromatic carbocycles. The molecule has 1 unspecified atom stereocenters. The molecule has 0 saturated carbocycles. The van der Waals surface area contributed by atoms with E-state index in [0.29, 0.717) is 6.54 Å². The molecule has 0 fully saturated rings. The molecule has 2 heterocycles. The number of carbonyl (C=O) groups excluding carboxylic acids is 1. The largest absolute Gasteiger partial charge is 0.348 e. The lowest BCUT2D eigenvalue weighted by Crippen LogP contribution is -2.31. The number of aryl methyl sites for hydroxylation is 1. The molecule has 0 saturated heterocycles. The molecule has 1 aliphatic carbocycles. The van der Waals surface area contributed by atoms with Crippen molar-refractivity contribution < 1.29 is 4.79 Å². The molecule has 1 amide bonds. The number of pyridine rings is 1. The van der Waals surface area contributed by atoms with E-state index in [2.05, 4.69) is 27.6 Å². The maximum Gasteiger partial charge on any atom is 0.227 e. The number of aromatic nitrogens is 3. The fourth-order valence-corrected chi connectivity index (χ4v) is 3.33. The highest BCUT2D eigenvalue weighted by Gasteiger charge is 2.26. The van der Waals surface area contributed by atoms with Gasteiger partial charge in [-0.3, -0.25) is 9.20 Å². The third kappa shape index (κ3) is 2.59. The molecule has 23 heavy (non-hydrogen) atoms. The number of hydrogen-bond donors (Lipinski definition) is 1. The summed E-state index contributed by atoms with van der Waals surface area (Å²) in [5.74, 6) is 0.766. The first-order chi connectivity index (χ1) is 11.3. The van der Waals surface area contributed by atoms with Crippen molar-refractivity contribution in [2.24, 2.45) is 0 Å². The molecule has 1 atom stereocenters. The van der Waals surface area contributed by atoms with E-state index in [9.17, 15) is 4.79 Å². The zero-order valence-electron chi connectivity index (χ0n) is 12.8. The fraction of sp³-hybridized carbons (Fsp3) is 0.278. The van der Waals surface area contributed by atoms with Crippen molar-refractivity contribution in [3.63, 3.8) is 0 Å². The summed E-state index contributed by atoms with van der Waals surface area (Å²) in [4.78, 5) is 12.6. The van der Waals surface area contributed by atoms with Crippen LogP contribution in [0.5, 0.6) is 0 Å². The van der Waals surface area contributed by atoms with Gasteiger partial charge in [0.1, 0.15) is 0 Å². The summed E-state index contributed by atoms with van der Waals surface area (Å²) < 4.78 is 1.90. The lowest BCUT2D eigenvalue weighted by molar-refractivity contribution is -0.123. The Balaban J connectivity index is 1.51. The van der Waals surface area contributed by atoms with Gasteiger partial charge in [-0.25, -0.2) is 0 Å². The van der Waals surface area contributed by atoms with Crippen LogP contribution in [0.2, 0.25) is 0 Å². The van der Waals surface area contributed by atoms with Crippen LogP contribution in [0, 0.1) is 0 Å². The lowest BCUT2D eigenvalue weighted by Gasteiger charge is -2.24. The van der Waals surface area contributed by atoms with E-state index in [1.54, 1.807) is 0 Å². The van der Waals surface area contributed by atoms with Crippen LogP contribution in [-0.2, 0) is 17.8 Å². The maximum atomic E-state index is 12.6. The molecule has 0 radical (unpaired) electrons. The van der Waals surface area contributed by atoms with Crippen molar-refractivity contribution >= 4 is 11.6 Å². The van der Waals surface area contributed by atoms with Gasteiger partial charge in [-0.2, -0.15) is 0 Å². The molecule has 3 aromatic rings. The van der Waals surface area contributed by atoms with Gasteiger partial charge in [0, 0.05) is 6.20 Å². The van der Waals surface area contributed by atoms with E-state index in [-0.39, 0.29) is 11.8 Å². The Labute approximate surface area is 134 Å². The zero-order valence-corrected chi connectivity index (χ0v) is 12.8. The molecule has 5 heteroatoms. The van der Waals surface area contributed by atoms with E-state index >= 15 is 0 Å². The second kappa shape index (κ2) is 5.83. The average molecular weight is 306 g/mol. The monoisotopic (exact) mass is 306 g/mol. The summed E-state index contributed by atoms with van der Waals surface area (Å²) in [7, 11) is 0. The SMILES string of the molecule is O=C(NCc1nnc2ccccn12)C1CCCc2ccccc21. The van der Waals surface area contributed by atoms with Crippen molar-refractivity contribution in [3.8, 4) is 0 Å². The van der Waals surface area contributed by atoms with Gasteiger partial charge in [0.05, 0.1) is 12.5 Å². The Hall–Kier alpha value is -2.69. The van der Waals surface area contributed by atoms with E-state index < -0.39 is 0 Å². The quantitative estimate of drug-likeness (QED) is 0.808. The molecule has 1 aliphatic rings. The molecule has 1 N–H and O–H groups in total. The van der Waals surface area contributed by atoms with Crippen molar-refractivity contribution in [2.45, 2.75) is 31.7 Å². The molecule has 0 spiro atoms. The summed E-state index contributed by atoms with van der Waals surface area (Å²) >= 11 is 0. The number of fused-ring (bicyclic) bond motifs is 2. The van der Waals surface area contributed by atoms with E-state index in [1.807, 2.05) is 40.9 Å². The van der Waals surface area contributed by atoms with Crippen LogP contribution in [0.3, 0.4) is 0 Å². The van der Waals surface area contributed by atoms with Crippen molar-refractivity contribution in [1.29, 1.82) is 0 Å². The Kier molecular flexibility index (Phi) is 3.54. The van der Waals surface area contributed by atoms with Crippen LogP contribution < -0.4 is 5.32 Å². The molecule has 0 bridgehead atoms. The van der Waals surface area contributed by atoms with Crippen molar-refractivity contribution in [3.05, 3.63) is 65.6 Å². The van der Waals surface area contributed by atoms with Gasteiger partial charge in [-0.05, 0) is 42.5 Å². The smallest absolute Gasteiger partial charge is 0.227 e. The summed E-state index contributed by atoms with van der Waals surface area (Å²) in [5.41, 5.74) is 3.26. The second-order valence-corrected chi connectivity index (χ2v) is 5.91. The molecule has 5 nitrogen and oxygen atoms in total. The summed E-state index contributed by atoms with van der Waals surface area (Å²) in [5, 5.41) is 11.3. The predicted octanol–water partition coefficient (Wildman–Crippen LogP) is 2.47. The lowest BCUT2D eigenvalue weighted by atomic mass is 9.82. The highest BCUT2D eigenvalue weighted by molar-refractivity contribution is 5.84. The van der Waals surface area contributed by atoms with E-state index in [4.69, 9.17) is 0 Å². The number of carbonyl (C=O) groups is 1. The molecule has 2 aromatic heterocycles. The minimum absolute atomic E-state index is 0.0564. The first kappa shape index (κ1) is 13.9. The Bertz CT molecular complexity index is 855. The van der Waals surface area contributed by atoms with Gasteiger partial charge < -0.3 is 5.32 Å². The maximum absolute atomic E-state index is 12.6. The Morgan fingerprint density at radius 2 is 2.04 bits per heavy atom. The van der Waals surface area contributed by atoms with Crippen LogP contribution in [0.15, 0.2) is 48.7 Å². The first-order valence-corrected chi connectivity index (χ1v) is 7.97. The van der Waals surface area contributed by atoms with Gasteiger partial charge in [0.2, 0.25) is 5.91 Å². The number of benzene rings is 1. The third-order valence-electron chi connectivity index (χ3n) is 4.49. The first-order valence-electron chi connectivity index (χ1n) is 7.97. The Morgan fingerprint density at radius 3 is 3.00 bits per heavy atom. The number of hydrogen-bond acceptors (Lipinski definition) is 3. The highest BCUT2D eigenvalue weighted by Crippen LogP contribution is 2.31. The van der Waals surface area contributed by atoms with Gasteiger partial charge in [-0.15, -0.1) is 10.2 Å². The topological polar surface area (TPSA) is 59.3 Å². The predicted molar refractivity (Wildman–Crippen MR) is 87.0 cm³/mol. The van der Waals surface area contributed by atoms with E-state index in [1.165, 1.54) is 11.1 Å².